The molecule has 0 aliphatic heterocycles. The first-order valence-electron chi connectivity index (χ1n) is 5.98. The number of likely N-dealkylation sites (N-methyl/N-ethyl adjacent to an activating group) is 1. The van der Waals surface area contributed by atoms with E-state index in [-0.39, 0.29) is 5.91 Å². The Bertz CT molecular complexity index is 401. The predicted molar refractivity (Wildman–Crippen MR) is 68.6 cm³/mol. The van der Waals surface area contributed by atoms with Crippen molar-refractivity contribution in [1.29, 1.82) is 0 Å². The lowest BCUT2D eigenvalue weighted by molar-refractivity contribution is -0.117. The summed E-state index contributed by atoms with van der Waals surface area (Å²) in [4.78, 5) is 13.9. The van der Waals surface area contributed by atoms with Gasteiger partial charge in [-0.25, -0.2) is 0 Å². The van der Waals surface area contributed by atoms with Crippen molar-refractivity contribution in [3.8, 4) is 0 Å². The van der Waals surface area contributed by atoms with Gasteiger partial charge in [0.1, 0.15) is 0 Å². The van der Waals surface area contributed by atoms with Crippen molar-refractivity contribution < 1.29 is 4.79 Å². The Morgan fingerprint density at radius 3 is 2.94 bits per heavy atom. The van der Waals surface area contributed by atoms with Crippen LogP contribution in [0.25, 0.3) is 0 Å². The largest absolute Gasteiger partial charge is 0.326 e. The van der Waals surface area contributed by atoms with Crippen molar-refractivity contribution in [2.24, 2.45) is 5.73 Å². The molecule has 1 saturated carbocycles. The van der Waals surface area contributed by atoms with Crippen LogP contribution in [0.1, 0.15) is 18.4 Å². The van der Waals surface area contributed by atoms with Gasteiger partial charge in [-0.05, 0) is 37.6 Å². The van der Waals surface area contributed by atoms with Crippen molar-refractivity contribution in [2.45, 2.75) is 25.4 Å². The Balaban J connectivity index is 1.88. The van der Waals surface area contributed by atoms with Gasteiger partial charge in [-0.3, -0.25) is 9.69 Å². The van der Waals surface area contributed by atoms with E-state index in [4.69, 9.17) is 5.73 Å². The molecule has 1 aliphatic carbocycles. The van der Waals surface area contributed by atoms with Crippen LogP contribution in [0.2, 0.25) is 0 Å². The van der Waals surface area contributed by atoms with E-state index in [0.717, 1.165) is 11.3 Å². The Hall–Kier alpha value is -1.39. The highest BCUT2D eigenvalue weighted by Gasteiger charge is 2.27. The van der Waals surface area contributed by atoms with Crippen LogP contribution in [0.15, 0.2) is 24.3 Å². The van der Waals surface area contributed by atoms with Crippen molar-refractivity contribution in [3.05, 3.63) is 29.8 Å². The molecule has 2 rings (SSSR count). The molecule has 0 aromatic heterocycles. The minimum atomic E-state index is 0.0357. The lowest BCUT2D eigenvalue weighted by Gasteiger charge is -2.15. The van der Waals surface area contributed by atoms with E-state index >= 15 is 0 Å². The second-order valence-electron chi connectivity index (χ2n) is 4.60. The summed E-state index contributed by atoms with van der Waals surface area (Å²) in [6, 6.07) is 8.26. The molecule has 3 N–H and O–H groups in total. The zero-order chi connectivity index (χ0) is 12.3. The molecule has 0 atom stereocenters. The smallest absolute Gasteiger partial charge is 0.238 e. The Morgan fingerprint density at radius 1 is 1.53 bits per heavy atom. The van der Waals surface area contributed by atoms with Gasteiger partial charge >= 0.3 is 0 Å². The third-order valence-electron chi connectivity index (χ3n) is 3.01. The monoisotopic (exact) mass is 233 g/mol. The highest BCUT2D eigenvalue weighted by Crippen LogP contribution is 2.24. The van der Waals surface area contributed by atoms with Gasteiger partial charge in [0.2, 0.25) is 5.91 Å². The first-order chi connectivity index (χ1) is 8.19. The first kappa shape index (κ1) is 12.1. The van der Waals surface area contributed by atoms with Gasteiger partial charge in [-0.1, -0.05) is 12.1 Å². The second-order valence-corrected chi connectivity index (χ2v) is 4.60. The zero-order valence-corrected chi connectivity index (χ0v) is 10.1. The Labute approximate surface area is 102 Å². The fraction of sp³-hybridized carbons (Fsp3) is 0.462. The summed E-state index contributed by atoms with van der Waals surface area (Å²) in [6.07, 6.45) is 2.43. The Kier molecular flexibility index (Phi) is 3.76. The number of benzene rings is 1. The number of hydrogen-bond acceptors (Lipinski definition) is 3. The van der Waals surface area contributed by atoms with Crippen LogP contribution >= 0.6 is 0 Å². The number of amides is 1. The fourth-order valence-corrected chi connectivity index (χ4v) is 1.85. The van der Waals surface area contributed by atoms with Gasteiger partial charge in [-0.2, -0.15) is 0 Å². The van der Waals surface area contributed by atoms with E-state index in [1.807, 2.05) is 31.3 Å². The summed E-state index contributed by atoms with van der Waals surface area (Å²) < 4.78 is 0. The molecule has 17 heavy (non-hydrogen) atoms. The number of anilines is 1. The molecule has 1 aromatic carbocycles. The molecule has 4 heteroatoms. The van der Waals surface area contributed by atoms with Crippen molar-refractivity contribution in [2.75, 3.05) is 18.9 Å². The number of carbonyl (C=O) groups excluding carboxylic acids is 1. The maximum absolute atomic E-state index is 11.8. The first-order valence-corrected chi connectivity index (χ1v) is 5.98. The molecule has 1 aliphatic rings. The summed E-state index contributed by atoms with van der Waals surface area (Å²) in [5.41, 5.74) is 7.40. The van der Waals surface area contributed by atoms with Crippen LogP contribution < -0.4 is 11.1 Å². The van der Waals surface area contributed by atoms with Gasteiger partial charge < -0.3 is 11.1 Å². The molecule has 1 fully saturated rings. The number of nitrogens with one attached hydrogen (secondary N) is 1. The number of nitrogens with two attached hydrogens (primary N) is 1. The summed E-state index contributed by atoms with van der Waals surface area (Å²) in [5, 5.41) is 2.89. The van der Waals surface area contributed by atoms with Crippen LogP contribution in [0.5, 0.6) is 0 Å². The van der Waals surface area contributed by atoms with Crippen LogP contribution in [-0.2, 0) is 11.3 Å². The van der Waals surface area contributed by atoms with E-state index in [9.17, 15) is 4.79 Å². The van der Waals surface area contributed by atoms with Crippen LogP contribution in [-0.4, -0.2) is 30.4 Å². The Morgan fingerprint density at radius 2 is 2.29 bits per heavy atom. The third-order valence-corrected chi connectivity index (χ3v) is 3.01. The van der Waals surface area contributed by atoms with E-state index < -0.39 is 0 Å². The third kappa shape index (κ3) is 3.54. The fourth-order valence-electron chi connectivity index (χ4n) is 1.85. The van der Waals surface area contributed by atoms with Gasteiger partial charge in [0.15, 0.2) is 0 Å². The van der Waals surface area contributed by atoms with Gasteiger partial charge in [0.25, 0.3) is 0 Å². The average molecular weight is 233 g/mol. The number of carbonyl (C=O) groups is 1. The summed E-state index contributed by atoms with van der Waals surface area (Å²) in [5.74, 6) is 0.0357. The molecule has 1 amide bonds. The summed E-state index contributed by atoms with van der Waals surface area (Å²) in [6.45, 7) is 0.948. The SMILES string of the molecule is CN(CC(=O)Nc1cccc(CN)c1)C1CC1. The molecule has 0 saturated heterocycles. The van der Waals surface area contributed by atoms with E-state index in [1.54, 1.807) is 0 Å². The highest BCUT2D eigenvalue weighted by atomic mass is 16.2. The standard InChI is InChI=1S/C13H19N3O/c1-16(12-5-6-12)9-13(17)15-11-4-2-3-10(7-11)8-14/h2-4,7,12H,5-6,8-9,14H2,1H3,(H,15,17). The molecule has 0 spiro atoms. The topological polar surface area (TPSA) is 58.4 Å². The second kappa shape index (κ2) is 5.29. The molecular formula is C13H19N3O. The molecule has 4 nitrogen and oxygen atoms in total. The summed E-state index contributed by atoms with van der Waals surface area (Å²) >= 11 is 0. The van der Waals surface area contributed by atoms with Gasteiger partial charge in [0, 0.05) is 18.3 Å². The highest BCUT2D eigenvalue weighted by molar-refractivity contribution is 5.92. The van der Waals surface area contributed by atoms with E-state index in [2.05, 4.69) is 10.2 Å². The van der Waals surface area contributed by atoms with Crippen molar-refractivity contribution in [1.82, 2.24) is 4.90 Å². The normalized spacial score (nSPS) is 15.0. The van der Waals surface area contributed by atoms with E-state index in [0.29, 0.717) is 19.1 Å². The molecule has 0 heterocycles. The lowest BCUT2D eigenvalue weighted by atomic mass is 10.2. The minimum absolute atomic E-state index is 0.0357. The predicted octanol–water partition coefficient (Wildman–Crippen LogP) is 1.18. The molecule has 0 radical (unpaired) electrons. The average Bonchev–Trinajstić information content (AvgIpc) is 3.12. The maximum atomic E-state index is 11.8. The maximum Gasteiger partial charge on any atom is 0.238 e. The van der Waals surface area contributed by atoms with Crippen LogP contribution in [0, 0.1) is 0 Å². The molecule has 1 aromatic rings. The number of nitrogens with zero attached hydrogens (tertiary/aromatic N) is 1. The minimum Gasteiger partial charge on any atom is -0.326 e. The van der Waals surface area contributed by atoms with Gasteiger partial charge in [0.05, 0.1) is 6.54 Å². The lowest BCUT2D eigenvalue weighted by Crippen LogP contribution is -2.31. The summed E-state index contributed by atoms with van der Waals surface area (Å²) in [7, 11) is 1.99. The van der Waals surface area contributed by atoms with Gasteiger partial charge in [-0.15, -0.1) is 0 Å². The van der Waals surface area contributed by atoms with Crippen LogP contribution in [0.3, 0.4) is 0 Å². The van der Waals surface area contributed by atoms with E-state index in [1.165, 1.54) is 12.8 Å². The zero-order valence-electron chi connectivity index (χ0n) is 10.1. The number of rotatable bonds is 5. The van der Waals surface area contributed by atoms with Crippen LogP contribution in [0.4, 0.5) is 5.69 Å². The molecule has 92 valence electrons. The quantitative estimate of drug-likeness (QED) is 0.803. The molecular weight excluding hydrogens is 214 g/mol. The number of hydrogen-bond donors (Lipinski definition) is 2. The van der Waals surface area contributed by atoms with Crippen molar-refractivity contribution >= 4 is 11.6 Å². The molecule has 0 bridgehead atoms. The molecule has 0 unspecified atom stereocenters. The van der Waals surface area contributed by atoms with Crippen molar-refractivity contribution in [3.63, 3.8) is 0 Å².